The third kappa shape index (κ3) is 2.11. The number of aromatic nitrogens is 4. The van der Waals surface area contributed by atoms with Gasteiger partial charge in [0.25, 0.3) is 5.56 Å². The van der Waals surface area contributed by atoms with Gasteiger partial charge in [-0.15, -0.1) is 0 Å². The van der Waals surface area contributed by atoms with Crippen molar-refractivity contribution in [3.8, 4) is 0 Å². The van der Waals surface area contributed by atoms with Crippen LogP contribution in [0, 0.1) is 0 Å². The first-order valence-corrected chi connectivity index (χ1v) is 6.39. The molecule has 21 heavy (non-hydrogen) atoms. The number of rotatable bonds is 3. The van der Waals surface area contributed by atoms with E-state index in [1.54, 1.807) is 4.57 Å². The summed E-state index contributed by atoms with van der Waals surface area (Å²) in [5.74, 6) is 0.339. The number of H-pyrrole nitrogens is 1. The minimum Gasteiger partial charge on any atom is -0.394 e. The van der Waals surface area contributed by atoms with Crippen molar-refractivity contribution >= 4 is 23.2 Å². The van der Waals surface area contributed by atoms with Gasteiger partial charge in [-0.1, -0.05) is 6.58 Å². The molecule has 0 radical (unpaired) electrons. The van der Waals surface area contributed by atoms with Crippen LogP contribution in [-0.4, -0.2) is 48.5 Å². The van der Waals surface area contributed by atoms with Gasteiger partial charge in [-0.25, -0.2) is 4.98 Å². The van der Waals surface area contributed by atoms with Gasteiger partial charge in [0, 0.05) is 6.42 Å². The third-order valence-electron chi connectivity index (χ3n) is 3.45. The fourth-order valence-electron chi connectivity index (χ4n) is 2.48. The lowest BCUT2D eigenvalue weighted by Gasteiger charge is -2.15. The lowest BCUT2D eigenvalue weighted by Crippen LogP contribution is -2.24. The normalized spacial score (nSPS) is 25.5. The molecule has 2 aromatic rings. The zero-order chi connectivity index (χ0) is 15.1. The molecule has 0 bridgehead atoms. The molecule has 3 rings (SSSR count). The van der Waals surface area contributed by atoms with Gasteiger partial charge in [0.15, 0.2) is 11.2 Å². The number of hydrogen-bond donors (Lipinski definition) is 4. The SMILES string of the molecule is C=Cc1nc2c(=O)[nH]c(N)nc2n1[C@H]1C[C@H](O)[C@@H](CO)O1. The zero-order valence-electron chi connectivity index (χ0n) is 11.1. The number of fused-ring (bicyclic) bond motifs is 1. The average molecular weight is 293 g/mol. The first-order chi connectivity index (χ1) is 10.0. The number of nitrogen functional groups attached to an aromatic ring is 1. The van der Waals surface area contributed by atoms with Crippen LogP contribution >= 0.6 is 0 Å². The van der Waals surface area contributed by atoms with Crippen molar-refractivity contribution in [2.24, 2.45) is 0 Å². The highest BCUT2D eigenvalue weighted by Gasteiger charge is 2.36. The van der Waals surface area contributed by atoms with E-state index in [4.69, 9.17) is 15.6 Å². The summed E-state index contributed by atoms with van der Waals surface area (Å²) in [5.41, 5.74) is 5.47. The second-order valence-electron chi connectivity index (χ2n) is 4.78. The van der Waals surface area contributed by atoms with E-state index in [2.05, 4.69) is 21.5 Å². The van der Waals surface area contributed by atoms with E-state index in [-0.39, 0.29) is 30.1 Å². The topological polar surface area (TPSA) is 139 Å². The number of imidazole rings is 1. The number of anilines is 1. The average Bonchev–Trinajstić information content (AvgIpc) is 2.98. The second kappa shape index (κ2) is 4.95. The van der Waals surface area contributed by atoms with Gasteiger partial charge in [0.05, 0.1) is 12.7 Å². The van der Waals surface area contributed by atoms with Crippen LogP contribution < -0.4 is 11.3 Å². The standard InChI is InChI=1S/C12H15N5O4/c1-2-7-14-9-10(15-12(13)16-11(9)20)17(7)8-3-5(19)6(4-18)21-8/h2,5-6,8,18-19H,1,3-4H2,(H3,13,15,16,20)/t5-,6+,8+/m0/s1. The fraction of sp³-hybridized carbons (Fsp3) is 0.417. The Kier molecular flexibility index (Phi) is 3.24. The molecule has 0 aliphatic carbocycles. The smallest absolute Gasteiger partial charge is 0.280 e. The monoisotopic (exact) mass is 293 g/mol. The minimum absolute atomic E-state index is 0.0403. The molecule has 3 heterocycles. The Morgan fingerprint density at radius 1 is 1.57 bits per heavy atom. The minimum atomic E-state index is -0.811. The lowest BCUT2D eigenvalue weighted by molar-refractivity contribution is -0.0433. The number of hydrogen-bond acceptors (Lipinski definition) is 7. The summed E-state index contributed by atoms with van der Waals surface area (Å²) in [6.45, 7) is 3.34. The maximum Gasteiger partial charge on any atom is 0.280 e. The predicted octanol–water partition coefficient (Wildman–Crippen LogP) is -1.01. The Balaban J connectivity index is 2.17. The highest BCUT2D eigenvalue weighted by atomic mass is 16.5. The van der Waals surface area contributed by atoms with Crippen LogP contribution in [0.25, 0.3) is 17.2 Å². The number of nitrogens with zero attached hydrogens (tertiary/aromatic N) is 3. The van der Waals surface area contributed by atoms with Crippen LogP contribution in [0.2, 0.25) is 0 Å². The van der Waals surface area contributed by atoms with Crippen molar-refractivity contribution in [1.29, 1.82) is 0 Å². The van der Waals surface area contributed by atoms with Crippen LogP contribution in [0.15, 0.2) is 11.4 Å². The molecule has 3 atom stereocenters. The molecule has 2 aromatic heterocycles. The summed E-state index contributed by atoms with van der Waals surface area (Å²) in [5, 5.41) is 19.0. The van der Waals surface area contributed by atoms with E-state index >= 15 is 0 Å². The molecule has 0 spiro atoms. The molecular weight excluding hydrogens is 278 g/mol. The van der Waals surface area contributed by atoms with E-state index in [0.29, 0.717) is 5.82 Å². The molecule has 1 aliphatic rings. The van der Waals surface area contributed by atoms with E-state index in [1.807, 2.05) is 0 Å². The number of nitrogens with two attached hydrogens (primary N) is 1. The van der Waals surface area contributed by atoms with Gasteiger partial charge >= 0.3 is 0 Å². The van der Waals surface area contributed by atoms with E-state index < -0.39 is 24.0 Å². The van der Waals surface area contributed by atoms with Gasteiger partial charge in [0.1, 0.15) is 18.2 Å². The number of nitrogens with one attached hydrogen (secondary N) is 1. The zero-order valence-corrected chi connectivity index (χ0v) is 11.1. The molecule has 0 unspecified atom stereocenters. The molecule has 0 saturated carbocycles. The molecule has 0 aromatic carbocycles. The summed E-state index contributed by atoms with van der Waals surface area (Å²) in [6.07, 6.45) is -0.409. The quantitative estimate of drug-likeness (QED) is 0.568. The van der Waals surface area contributed by atoms with Gasteiger partial charge in [-0.3, -0.25) is 14.3 Å². The molecular formula is C12H15N5O4. The van der Waals surface area contributed by atoms with Crippen molar-refractivity contribution < 1.29 is 14.9 Å². The Morgan fingerprint density at radius 3 is 2.95 bits per heavy atom. The summed E-state index contributed by atoms with van der Waals surface area (Å²) >= 11 is 0. The van der Waals surface area contributed by atoms with Crippen molar-refractivity contribution in [3.63, 3.8) is 0 Å². The molecule has 0 amide bonds. The highest BCUT2D eigenvalue weighted by molar-refractivity contribution is 5.73. The largest absolute Gasteiger partial charge is 0.394 e. The van der Waals surface area contributed by atoms with E-state index in [1.165, 1.54) is 6.08 Å². The number of aliphatic hydroxyl groups excluding tert-OH is 2. The lowest BCUT2D eigenvalue weighted by atomic mass is 10.2. The van der Waals surface area contributed by atoms with Crippen molar-refractivity contribution in [1.82, 2.24) is 19.5 Å². The Bertz CT molecular complexity index is 752. The first kappa shape index (κ1) is 13.7. The van der Waals surface area contributed by atoms with Crippen LogP contribution in [-0.2, 0) is 4.74 Å². The van der Waals surface area contributed by atoms with Crippen molar-refractivity contribution in [2.75, 3.05) is 12.3 Å². The van der Waals surface area contributed by atoms with E-state index in [9.17, 15) is 9.90 Å². The Hall–Kier alpha value is -2.23. The molecule has 5 N–H and O–H groups in total. The summed E-state index contributed by atoms with van der Waals surface area (Å²) in [6, 6.07) is 0. The van der Waals surface area contributed by atoms with Crippen LogP contribution in [0.1, 0.15) is 18.5 Å². The summed E-state index contributed by atoms with van der Waals surface area (Å²) in [4.78, 5) is 22.5. The molecule has 1 fully saturated rings. The van der Waals surface area contributed by atoms with Gasteiger partial charge in [-0.2, -0.15) is 4.98 Å². The molecule has 9 nitrogen and oxygen atoms in total. The van der Waals surface area contributed by atoms with Gasteiger partial charge in [-0.05, 0) is 6.08 Å². The molecule has 9 heteroatoms. The number of aliphatic hydroxyl groups is 2. The maximum absolute atomic E-state index is 11.9. The second-order valence-corrected chi connectivity index (χ2v) is 4.78. The highest BCUT2D eigenvalue weighted by Crippen LogP contribution is 2.32. The van der Waals surface area contributed by atoms with Crippen LogP contribution in [0.4, 0.5) is 5.95 Å². The maximum atomic E-state index is 11.9. The molecule has 1 saturated heterocycles. The fourth-order valence-corrected chi connectivity index (χ4v) is 2.48. The van der Waals surface area contributed by atoms with Crippen LogP contribution in [0.3, 0.4) is 0 Å². The summed E-state index contributed by atoms with van der Waals surface area (Å²) < 4.78 is 7.13. The van der Waals surface area contributed by atoms with Gasteiger partial charge < -0.3 is 20.7 Å². The Labute approximate surface area is 118 Å². The van der Waals surface area contributed by atoms with Crippen molar-refractivity contribution in [2.45, 2.75) is 24.9 Å². The first-order valence-electron chi connectivity index (χ1n) is 6.39. The third-order valence-corrected chi connectivity index (χ3v) is 3.45. The number of aromatic amines is 1. The van der Waals surface area contributed by atoms with Crippen LogP contribution in [0.5, 0.6) is 0 Å². The molecule has 112 valence electrons. The summed E-state index contributed by atoms with van der Waals surface area (Å²) in [7, 11) is 0. The van der Waals surface area contributed by atoms with E-state index in [0.717, 1.165) is 0 Å². The van der Waals surface area contributed by atoms with Gasteiger partial charge in [0.2, 0.25) is 5.95 Å². The molecule has 1 aliphatic heterocycles. The number of ether oxygens (including phenoxy) is 1. The van der Waals surface area contributed by atoms with Crippen molar-refractivity contribution in [3.05, 3.63) is 22.8 Å². The Morgan fingerprint density at radius 2 is 2.33 bits per heavy atom. The predicted molar refractivity (Wildman–Crippen MR) is 74.3 cm³/mol.